The van der Waals surface area contributed by atoms with E-state index in [0.29, 0.717) is 0 Å². The molecule has 34 heavy (non-hydrogen) atoms. The van der Waals surface area contributed by atoms with E-state index in [2.05, 4.69) is 32.8 Å². The molecule has 0 unspecified atom stereocenters. The normalized spacial score (nSPS) is 16.2. The van der Waals surface area contributed by atoms with Gasteiger partial charge in [0.1, 0.15) is 34.4 Å². The van der Waals surface area contributed by atoms with Crippen molar-refractivity contribution in [2.24, 2.45) is 9.98 Å². The van der Waals surface area contributed by atoms with E-state index in [1.807, 2.05) is 72.9 Å². The minimum Gasteiger partial charge on any atom is -0.457 e. The van der Waals surface area contributed by atoms with E-state index in [0.717, 1.165) is 82.4 Å². The summed E-state index contributed by atoms with van der Waals surface area (Å²) in [5, 5.41) is 8.76. The predicted octanol–water partition coefficient (Wildman–Crippen LogP) is 5.16. The van der Waals surface area contributed by atoms with Gasteiger partial charge in [0, 0.05) is 35.0 Å². The van der Waals surface area contributed by atoms with Crippen molar-refractivity contribution in [1.82, 2.24) is 10.6 Å². The summed E-state index contributed by atoms with van der Waals surface area (Å²) in [5.74, 6) is 3.55. The summed E-state index contributed by atoms with van der Waals surface area (Å²) in [7, 11) is 0. The first kappa shape index (κ1) is 20.3. The van der Waals surface area contributed by atoms with Gasteiger partial charge >= 0.3 is 0 Å². The summed E-state index contributed by atoms with van der Waals surface area (Å²) in [4.78, 5) is 8.97. The van der Waals surface area contributed by atoms with E-state index in [4.69, 9.17) is 8.83 Å². The maximum Gasteiger partial charge on any atom is 0.134 e. The van der Waals surface area contributed by atoms with Crippen molar-refractivity contribution in [3.05, 3.63) is 95.5 Å². The number of amidine groups is 2. The minimum atomic E-state index is 0.816. The molecule has 4 aromatic rings. The fourth-order valence-electron chi connectivity index (χ4n) is 4.20. The molecule has 168 valence electrons. The molecule has 2 aliphatic rings. The number of rotatable bonds is 6. The fourth-order valence-corrected chi connectivity index (χ4v) is 4.20. The van der Waals surface area contributed by atoms with Crippen molar-refractivity contribution in [2.45, 2.75) is 0 Å². The third-order valence-electron chi connectivity index (χ3n) is 5.82. The third-order valence-corrected chi connectivity index (χ3v) is 5.82. The van der Waals surface area contributed by atoms with Crippen LogP contribution in [0.4, 0.5) is 0 Å². The zero-order chi connectivity index (χ0) is 22.7. The monoisotopic (exact) mass is 448 g/mol. The Morgan fingerprint density at radius 1 is 0.618 bits per heavy atom. The van der Waals surface area contributed by atoms with Gasteiger partial charge in [-0.15, -0.1) is 0 Å². The quantitative estimate of drug-likeness (QED) is 0.400. The molecule has 6 rings (SSSR count). The summed E-state index contributed by atoms with van der Waals surface area (Å²) < 4.78 is 11.8. The van der Waals surface area contributed by atoms with Crippen molar-refractivity contribution in [1.29, 1.82) is 0 Å². The molecular formula is C28H24N4O2. The van der Waals surface area contributed by atoms with Crippen LogP contribution in [-0.4, -0.2) is 37.9 Å². The first-order valence-electron chi connectivity index (χ1n) is 11.5. The summed E-state index contributed by atoms with van der Waals surface area (Å²) in [6.07, 6.45) is 11.8. The highest BCUT2D eigenvalue weighted by Crippen LogP contribution is 2.23. The maximum atomic E-state index is 5.91. The van der Waals surface area contributed by atoms with Gasteiger partial charge in [-0.1, -0.05) is 24.3 Å². The lowest BCUT2D eigenvalue weighted by Crippen LogP contribution is -2.19. The van der Waals surface area contributed by atoms with E-state index >= 15 is 0 Å². The lowest BCUT2D eigenvalue weighted by molar-refractivity contribution is 0.604. The van der Waals surface area contributed by atoms with E-state index in [-0.39, 0.29) is 0 Å². The van der Waals surface area contributed by atoms with Crippen LogP contribution in [0.25, 0.3) is 34.1 Å². The lowest BCUT2D eigenvalue weighted by Gasteiger charge is -2.01. The van der Waals surface area contributed by atoms with Crippen molar-refractivity contribution >= 4 is 45.8 Å². The molecule has 2 aliphatic heterocycles. The van der Waals surface area contributed by atoms with Crippen molar-refractivity contribution in [3.8, 4) is 0 Å². The van der Waals surface area contributed by atoms with Crippen LogP contribution in [0.15, 0.2) is 91.7 Å². The molecule has 0 bridgehead atoms. The Hall–Kier alpha value is -4.32. The van der Waals surface area contributed by atoms with Gasteiger partial charge in [-0.2, -0.15) is 0 Å². The molecule has 0 amide bonds. The second-order valence-electron chi connectivity index (χ2n) is 8.22. The molecule has 6 nitrogen and oxygen atoms in total. The largest absolute Gasteiger partial charge is 0.457 e. The average molecular weight is 449 g/mol. The fraction of sp³-hybridized carbons (Fsp3) is 0.143. The molecule has 0 spiro atoms. The summed E-state index contributed by atoms with van der Waals surface area (Å²) in [6.45, 7) is 3.47. The maximum absolute atomic E-state index is 5.91. The van der Waals surface area contributed by atoms with Crippen LogP contribution in [0, 0.1) is 0 Å². The van der Waals surface area contributed by atoms with Crippen molar-refractivity contribution < 1.29 is 8.83 Å². The smallest absolute Gasteiger partial charge is 0.134 e. The molecule has 0 saturated carbocycles. The van der Waals surface area contributed by atoms with Gasteiger partial charge in [-0.3, -0.25) is 9.98 Å². The Labute approximate surface area is 197 Å². The molecule has 6 heteroatoms. The molecule has 0 saturated heterocycles. The van der Waals surface area contributed by atoms with Crippen LogP contribution >= 0.6 is 0 Å². The number of allylic oxidation sites excluding steroid dienone is 4. The third kappa shape index (κ3) is 4.18. The van der Waals surface area contributed by atoms with Crippen molar-refractivity contribution in [3.63, 3.8) is 0 Å². The number of hydrogen-bond donors (Lipinski definition) is 2. The summed E-state index contributed by atoms with van der Waals surface area (Å²) in [6, 6.07) is 16.4. The van der Waals surface area contributed by atoms with Crippen LogP contribution in [0.2, 0.25) is 0 Å². The Kier molecular flexibility index (Phi) is 5.32. The molecule has 0 radical (unpaired) electrons. The number of fused-ring (bicyclic) bond motifs is 2. The van der Waals surface area contributed by atoms with Gasteiger partial charge in [0.15, 0.2) is 0 Å². The highest BCUT2D eigenvalue weighted by molar-refractivity contribution is 6.03. The highest BCUT2D eigenvalue weighted by atomic mass is 16.3. The molecule has 0 fully saturated rings. The zero-order valence-electron chi connectivity index (χ0n) is 18.6. The van der Waals surface area contributed by atoms with E-state index in [9.17, 15) is 0 Å². The first-order valence-corrected chi connectivity index (χ1v) is 11.5. The van der Waals surface area contributed by atoms with Crippen LogP contribution in [0.3, 0.4) is 0 Å². The number of benzene rings is 2. The Morgan fingerprint density at radius 3 is 1.56 bits per heavy atom. The second kappa shape index (κ2) is 8.90. The highest BCUT2D eigenvalue weighted by Gasteiger charge is 2.11. The van der Waals surface area contributed by atoms with Gasteiger partial charge in [0.25, 0.3) is 0 Å². The Morgan fingerprint density at radius 2 is 1.12 bits per heavy atom. The van der Waals surface area contributed by atoms with Gasteiger partial charge in [0.2, 0.25) is 0 Å². The number of hydrogen-bond acceptors (Lipinski definition) is 6. The Bertz CT molecular complexity index is 1400. The molecule has 2 aromatic heterocycles. The second-order valence-corrected chi connectivity index (χ2v) is 8.22. The zero-order valence-corrected chi connectivity index (χ0v) is 18.6. The van der Waals surface area contributed by atoms with Crippen LogP contribution in [0.5, 0.6) is 0 Å². The average Bonchev–Trinajstić information content (AvgIpc) is 3.66. The molecule has 2 N–H and O–H groups in total. The number of nitrogens with one attached hydrogen (secondary N) is 2. The summed E-state index contributed by atoms with van der Waals surface area (Å²) >= 11 is 0. The number of aliphatic imine (C=N–C) groups is 2. The molecule has 2 aromatic carbocycles. The van der Waals surface area contributed by atoms with Gasteiger partial charge < -0.3 is 19.5 Å². The molecular weight excluding hydrogens is 424 g/mol. The number of furan rings is 2. The Balaban J connectivity index is 1.10. The van der Waals surface area contributed by atoms with Gasteiger partial charge in [-0.05, 0) is 60.7 Å². The topological polar surface area (TPSA) is 75.1 Å². The number of nitrogens with zero attached hydrogens (tertiary/aromatic N) is 2. The standard InChI is InChI=1S/C28H24N4O2/c1(3-5-23-17-21-15-19(7-9-25(21)33-23)27-29-11-12-30-27)2-4-6-24-18-22-16-20(8-10-26(22)34-24)28-31-13-14-32-28/h1-10,15-18H,11-14H2,(H,29,30)(H,31,32)/b2-1+,5-3+,6-4+. The van der Waals surface area contributed by atoms with Gasteiger partial charge in [0.05, 0.1) is 13.1 Å². The van der Waals surface area contributed by atoms with Crippen LogP contribution < -0.4 is 10.6 Å². The SMILES string of the molecule is C(=C\C=C\c1cc2cc(C3=NCCN3)ccc2o1)/C=C/c1cc2cc(C3=NCCN3)ccc2o1. The molecule has 0 atom stereocenters. The predicted molar refractivity (Wildman–Crippen MR) is 138 cm³/mol. The van der Waals surface area contributed by atoms with E-state index < -0.39 is 0 Å². The van der Waals surface area contributed by atoms with Gasteiger partial charge in [-0.25, -0.2) is 0 Å². The molecule has 4 heterocycles. The molecule has 0 aliphatic carbocycles. The van der Waals surface area contributed by atoms with Crippen molar-refractivity contribution in [2.75, 3.05) is 26.2 Å². The van der Waals surface area contributed by atoms with Crippen LogP contribution in [-0.2, 0) is 0 Å². The van der Waals surface area contributed by atoms with E-state index in [1.165, 1.54) is 0 Å². The lowest BCUT2D eigenvalue weighted by atomic mass is 10.1. The van der Waals surface area contributed by atoms with E-state index in [1.54, 1.807) is 0 Å². The first-order chi connectivity index (χ1) is 16.8. The minimum absolute atomic E-state index is 0.816. The summed E-state index contributed by atoms with van der Waals surface area (Å²) in [5.41, 5.74) is 3.93. The van der Waals surface area contributed by atoms with Crippen LogP contribution in [0.1, 0.15) is 22.6 Å².